The van der Waals surface area contributed by atoms with Crippen LogP contribution in [0.4, 0.5) is 0 Å². The molecule has 0 saturated heterocycles. The summed E-state index contributed by atoms with van der Waals surface area (Å²) in [5.74, 6) is 0. The fraction of sp³-hybridized carbons (Fsp3) is 0.143. The SMILES string of the molecule is N#Cc1ccnn1C1=CC1. The number of rotatable bonds is 1. The van der Waals surface area contributed by atoms with Gasteiger partial charge in [-0.05, 0) is 6.07 Å². The van der Waals surface area contributed by atoms with Crippen molar-refractivity contribution in [2.24, 2.45) is 0 Å². The van der Waals surface area contributed by atoms with Crippen molar-refractivity contribution in [3.8, 4) is 6.07 Å². The summed E-state index contributed by atoms with van der Waals surface area (Å²) in [6.07, 6.45) is 4.64. The molecule has 0 spiro atoms. The molecule has 0 atom stereocenters. The van der Waals surface area contributed by atoms with Gasteiger partial charge in [-0.25, -0.2) is 4.68 Å². The fourth-order valence-electron chi connectivity index (χ4n) is 0.835. The summed E-state index contributed by atoms with van der Waals surface area (Å²) in [4.78, 5) is 0. The zero-order valence-corrected chi connectivity index (χ0v) is 5.28. The second-order valence-corrected chi connectivity index (χ2v) is 2.14. The van der Waals surface area contributed by atoms with Crippen LogP contribution in [0.2, 0.25) is 0 Å². The summed E-state index contributed by atoms with van der Waals surface area (Å²) in [5, 5.41) is 12.5. The fourth-order valence-corrected chi connectivity index (χ4v) is 0.835. The maximum Gasteiger partial charge on any atom is 0.143 e. The van der Waals surface area contributed by atoms with E-state index in [2.05, 4.69) is 11.2 Å². The van der Waals surface area contributed by atoms with Crippen LogP contribution in [-0.4, -0.2) is 9.78 Å². The summed E-state index contributed by atoms with van der Waals surface area (Å²) in [7, 11) is 0. The van der Waals surface area contributed by atoms with Crippen LogP contribution in [0.1, 0.15) is 12.1 Å². The summed E-state index contributed by atoms with van der Waals surface area (Å²) >= 11 is 0. The molecule has 0 N–H and O–H groups in total. The van der Waals surface area contributed by atoms with Gasteiger partial charge in [0.15, 0.2) is 0 Å². The molecule has 0 radical (unpaired) electrons. The lowest BCUT2D eigenvalue weighted by molar-refractivity contribution is 0.896. The number of nitriles is 1. The first-order valence-electron chi connectivity index (χ1n) is 3.05. The van der Waals surface area contributed by atoms with Gasteiger partial charge >= 0.3 is 0 Å². The second kappa shape index (κ2) is 1.71. The van der Waals surface area contributed by atoms with E-state index in [9.17, 15) is 0 Å². The Bertz CT molecular complexity index is 327. The first kappa shape index (κ1) is 5.24. The normalized spacial score (nSPS) is 14.1. The van der Waals surface area contributed by atoms with Crippen molar-refractivity contribution in [2.45, 2.75) is 6.42 Å². The summed E-state index contributed by atoms with van der Waals surface area (Å²) < 4.78 is 1.67. The van der Waals surface area contributed by atoms with Gasteiger partial charge in [-0.3, -0.25) is 0 Å². The van der Waals surface area contributed by atoms with Crippen LogP contribution in [0, 0.1) is 11.3 Å². The molecular weight excluding hydrogens is 126 g/mol. The van der Waals surface area contributed by atoms with Gasteiger partial charge in [-0.2, -0.15) is 10.4 Å². The van der Waals surface area contributed by atoms with Gasteiger partial charge in [-0.15, -0.1) is 0 Å². The highest BCUT2D eigenvalue weighted by Gasteiger charge is 2.13. The number of hydrogen-bond acceptors (Lipinski definition) is 2. The van der Waals surface area contributed by atoms with E-state index >= 15 is 0 Å². The molecule has 48 valence electrons. The maximum absolute atomic E-state index is 8.55. The van der Waals surface area contributed by atoms with Crippen molar-refractivity contribution < 1.29 is 0 Å². The van der Waals surface area contributed by atoms with Crippen LogP contribution in [0.5, 0.6) is 0 Å². The van der Waals surface area contributed by atoms with E-state index < -0.39 is 0 Å². The zero-order chi connectivity index (χ0) is 6.97. The second-order valence-electron chi connectivity index (χ2n) is 2.14. The molecule has 3 nitrogen and oxygen atoms in total. The smallest absolute Gasteiger partial charge is 0.143 e. The van der Waals surface area contributed by atoms with Gasteiger partial charge in [0.2, 0.25) is 0 Å². The lowest BCUT2D eigenvalue weighted by Gasteiger charge is -1.91. The van der Waals surface area contributed by atoms with E-state index in [-0.39, 0.29) is 0 Å². The lowest BCUT2D eigenvalue weighted by Crippen LogP contribution is -1.93. The molecule has 1 aromatic heterocycles. The molecule has 1 aliphatic carbocycles. The molecule has 3 heteroatoms. The molecule has 10 heavy (non-hydrogen) atoms. The Kier molecular flexibility index (Phi) is 0.896. The average molecular weight is 131 g/mol. The maximum atomic E-state index is 8.55. The standard InChI is InChI=1S/C7H5N3/c8-5-7-3-4-9-10(7)6-1-2-6/h1,3-4H,2H2. The van der Waals surface area contributed by atoms with Crippen LogP contribution in [0.15, 0.2) is 18.3 Å². The Balaban J connectivity index is 2.50. The van der Waals surface area contributed by atoms with Gasteiger partial charge in [-0.1, -0.05) is 6.08 Å². The largest absolute Gasteiger partial charge is 0.227 e. The number of aromatic nitrogens is 2. The number of hydrogen-bond donors (Lipinski definition) is 0. The lowest BCUT2D eigenvalue weighted by atomic mass is 10.5. The average Bonchev–Trinajstić information content (AvgIpc) is 2.69. The van der Waals surface area contributed by atoms with E-state index in [4.69, 9.17) is 5.26 Å². The van der Waals surface area contributed by atoms with E-state index in [1.165, 1.54) is 0 Å². The minimum absolute atomic E-state index is 0.615. The van der Waals surface area contributed by atoms with Crippen molar-refractivity contribution in [3.05, 3.63) is 24.0 Å². The molecule has 0 bridgehead atoms. The van der Waals surface area contributed by atoms with E-state index in [1.54, 1.807) is 16.9 Å². The minimum Gasteiger partial charge on any atom is -0.227 e. The molecule has 2 rings (SSSR count). The minimum atomic E-state index is 0.615. The predicted octanol–water partition coefficient (Wildman–Crippen LogP) is 0.999. The van der Waals surface area contributed by atoms with Crippen molar-refractivity contribution in [3.63, 3.8) is 0 Å². The van der Waals surface area contributed by atoms with Gasteiger partial charge in [0.05, 0.1) is 6.20 Å². The monoisotopic (exact) mass is 131 g/mol. The third-order valence-electron chi connectivity index (χ3n) is 1.42. The van der Waals surface area contributed by atoms with E-state index in [0.29, 0.717) is 5.69 Å². The molecule has 0 saturated carbocycles. The Morgan fingerprint density at radius 3 is 3.10 bits per heavy atom. The molecule has 0 aliphatic heterocycles. The third kappa shape index (κ3) is 0.627. The Morgan fingerprint density at radius 1 is 1.70 bits per heavy atom. The summed E-state index contributed by atoms with van der Waals surface area (Å²) in [6.45, 7) is 0. The van der Waals surface area contributed by atoms with Crippen LogP contribution < -0.4 is 0 Å². The first-order valence-corrected chi connectivity index (χ1v) is 3.05. The number of nitrogens with zero attached hydrogens (tertiary/aromatic N) is 3. The third-order valence-corrected chi connectivity index (χ3v) is 1.42. The topological polar surface area (TPSA) is 41.6 Å². The molecule has 0 fully saturated rings. The van der Waals surface area contributed by atoms with Crippen LogP contribution in [0.25, 0.3) is 5.70 Å². The Labute approximate surface area is 58.2 Å². The van der Waals surface area contributed by atoms with Gasteiger partial charge in [0, 0.05) is 12.1 Å². The summed E-state index contributed by atoms with van der Waals surface area (Å²) in [6, 6.07) is 3.76. The van der Waals surface area contributed by atoms with E-state index in [1.807, 2.05) is 6.08 Å². The molecule has 0 unspecified atom stereocenters. The highest BCUT2D eigenvalue weighted by atomic mass is 15.3. The van der Waals surface area contributed by atoms with Crippen molar-refractivity contribution in [2.75, 3.05) is 0 Å². The van der Waals surface area contributed by atoms with Crippen LogP contribution in [0.3, 0.4) is 0 Å². The highest BCUT2D eigenvalue weighted by molar-refractivity contribution is 5.61. The predicted molar refractivity (Wildman–Crippen MR) is 35.8 cm³/mol. The molecule has 1 aliphatic rings. The highest BCUT2D eigenvalue weighted by Crippen LogP contribution is 2.24. The first-order chi connectivity index (χ1) is 4.92. The molecular formula is C7H5N3. The number of allylic oxidation sites excluding steroid dienone is 2. The molecule has 1 heterocycles. The Hall–Kier alpha value is -1.56. The van der Waals surface area contributed by atoms with Gasteiger partial charge in [0.1, 0.15) is 11.8 Å². The quantitative estimate of drug-likeness (QED) is 0.570. The Morgan fingerprint density at radius 2 is 2.50 bits per heavy atom. The van der Waals surface area contributed by atoms with Crippen LogP contribution >= 0.6 is 0 Å². The molecule has 1 aromatic rings. The van der Waals surface area contributed by atoms with Crippen LogP contribution in [-0.2, 0) is 0 Å². The van der Waals surface area contributed by atoms with E-state index in [0.717, 1.165) is 12.1 Å². The molecule has 0 amide bonds. The zero-order valence-electron chi connectivity index (χ0n) is 5.28. The summed E-state index contributed by atoms with van der Waals surface area (Å²) in [5.41, 5.74) is 1.74. The van der Waals surface area contributed by atoms with Crippen molar-refractivity contribution in [1.82, 2.24) is 9.78 Å². The van der Waals surface area contributed by atoms with Crippen molar-refractivity contribution >= 4 is 5.70 Å². The van der Waals surface area contributed by atoms with Gasteiger partial charge in [0.25, 0.3) is 0 Å². The van der Waals surface area contributed by atoms with Crippen molar-refractivity contribution in [1.29, 1.82) is 5.26 Å². The molecule has 0 aromatic carbocycles. The van der Waals surface area contributed by atoms with Gasteiger partial charge < -0.3 is 0 Å².